The Morgan fingerprint density at radius 2 is 1.26 bits per heavy atom. The van der Waals surface area contributed by atoms with Gasteiger partial charge in [-0.05, 0) is 32.1 Å². The number of hydrogen-bond acceptors (Lipinski definition) is 11. The average Bonchev–Trinajstić information content (AvgIpc) is 2.91. The van der Waals surface area contributed by atoms with Crippen LogP contribution < -0.4 is 0 Å². The fraction of sp³-hybridized carbons (Fsp3) is 0.885. The summed E-state index contributed by atoms with van der Waals surface area (Å²) in [6.07, 6.45) is 4.91. The fourth-order valence-corrected chi connectivity index (χ4v) is 5.14. The van der Waals surface area contributed by atoms with Gasteiger partial charge >= 0.3 is 13.8 Å². The standard InChI is InChI=1S/C26H49O12P/c1-2-3-4-5-6-7-8-9-10-11-12-13-14-15-16-20(28)36-17-19(27)18-37-39(34,35)38-26-24(32)22(30)21(29)23(31)25(26)33/h7-8,19,21-27,29-33H,2-6,9-18H2,1H3,(H,34,35)/b8-7-/t19-,21?,22-,23?,24?,25?,26?/m1/s1. The molecule has 1 aliphatic rings. The van der Waals surface area contributed by atoms with Gasteiger partial charge in [0.2, 0.25) is 0 Å². The summed E-state index contributed by atoms with van der Waals surface area (Å²) in [6, 6.07) is 0. The van der Waals surface area contributed by atoms with Gasteiger partial charge in [0.05, 0.1) is 6.61 Å². The first-order chi connectivity index (χ1) is 18.5. The smallest absolute Gasteiger partial charge is 0.463 e. The third-order valence-electron chi connectivity index (χ3n) is 6.59. The van der Waals surface area contributed by atoms with E-state index in [1.807, 2.05) is 0 Å². The first kappa shape index (κ1) is 36.1. The Hall–Kier alpha value is -0.920. The van der Waals surface area contributed by atoms with Crippen LogP contribution in [0, 0.1) is 0 Å². The Bertz CT molecular complexity index is 720. The molecule has 0 aromatic rings. The number of esters is 1. The molecule has 7 N–H and O–H groups in total. The molecule has 0 bridgehead atoms. The van der Waals surface area contributed by atoms with E-state index in [1.165, 1.54) is 25.7 Å². The molecule has 0 spiro atoms. The first-order valence-corrected chi connectivity index (χ1v) is 15.5. The van der Waals surface area contributed by atoms with Crippen LogP contribution >= 0.6 is 7.82 Å². The van der Waals surface area contributed by atoms with E-state index in [4.69, 9.17) is 4.74 Å². The fourth-order valence-electron chi connectivity index (χ4n) is 4.16. The van der Waals surface area contributed by atoms with Gasteiger partial charge in [0.25, 0.3) is 0 Å². The maximum absolute atomic E-state index is 12.1. The van der Waals surface area contributed by atoms with Gasteiger partial charge in [-0.25, -0.2) is 4.57 Å². The molecule has 0 amide bonds. The predicted molar refractivity (Wildman–Crippen MR) is 142 cm³/mol. The molecule has 0 saturated heterocycles. The largest absolute Gasteiger partial charge is 0.472 e. The maximum Gasteiger partial charge on any atom is 0.472 e. The van der Waals surface area contributed by atoms with Gasteiger partial charge in [0.15, 0.2) is 0 Å². The molecule has 0 aliphatic heterocycles. The summed E-state index contributed by atoms with van der Waals surface area (Å²) in [5, 5.41) is 58.5. The number of aliphatic hydroxyl groups excluding tert-OH is 6. The lowest BCUT2D eigenvalue weighted by Gasteiger charge is -2.41. The monoisotopic (exact) mass is 584 g/mol. The lowest BCUT2D eigenvalue weighted by molar-refractivity contribution is -0.220. The minimum absolute atomic E-state index is 0.184. The van der Waals surface area contributed by atoms with Crippen LogP contribution in [0.1, 0.15) is 90.4 Å². The van der Waals surface area contributed by atoms with Crippen molar-refractivity contribution in [3.63, 3.8) is 0 Å². The molecule has 0 heterocycles. The molecule has 39 heavy (non-hydrogen) atoms. The van der Waals surface area contributed by atoms with E-state index in [0.717, 1.165) is 44.9 Å². The first-order valence-electron chi connectivity index (χ1n) is 14.0. The van der Waals surface area contributed by atoms with Gasteiger partial charge in [0.1, 0.15) is 49.3 Å². The van der Waals surface area contributed by atoms with Crippen LogP contribution in [0.3, 0.4) is 0 Å². The zero-order chi connectivity index (χ0) is 29.3. The number of carbonyl (C=O) groups is 1. The van der Waals surface area contributed by atoms with Crippen molar-refractivity contribution < 1.29 is 58.7 Å². The SMILES string of the molecule is CCCCCC/C=C\CCCCCCCCC(=O)OC[C@@H](O)COP(=O)(O)OC1C(O)C(O)C(O)[C@@H](O)C1O. The number of phosphoric ester groups is 1. The Balaban J connectivity index is 2.11. The van der Waals surface area contributed by atoms with Crippen LogP contribution in [-0.4, -0.2) is 97.4 Å². The average molecular weight is 585 g/mol. The second-order valence-electron chi connectivity index (χ2n) is 10.1. The van der Waals surface area contributed by atoms with E-state index in [2.05, 4.69) is 28.1 Å². The van der Waals surface area contributed by atoms with Gasteiger partial charge in [-0.1, -0.05) is 64.0 Å². The molecule has 1 fully saturated rings. The summed E-state index contributed by atoms with van der Waals surface area (Å²) < 4.78 is 26.3. The Morgan fingerprint density at radius 3 is 1.82 bits per heavy atom. The summed E-state index contributed by atoms with van der Waals surface area (Å²) in [5.74, 6) is -0.517. The third-order valence-corrected chi connectivity index (χ3v) is 7.57. The van der Waals surface area contributed by atoms with Crippen LogP contribution in [0.25, 0.3) is 0 Å². The van der Waals surface area contributed by atoms with Crippen LogP contribution in [0.15, 0.2) is 12.2 Å². The van der Waals surface area contributed by atoms with Crippen molar-refractivity contribution in [2.24, 2.45) is 0 Å². The topological polar surface area (TPSA) is 203 Å². The van der Waals surface area contributed by atoms with Crippen molar-refractivity contribution in [3.8, 4) is 0 Å². The number of rotatable bonds is 21. The Kier molecular flexibility index (Phi) is 18.6. The summed E-state index contributed by atoms with van der Waals surface area (Å²) >= 11 is 0. The van der Waals surface area contributed by atoms with Gasteiger partial charge in [0, 0.05) is 6.42 Å². The molecule has 1 saturated carbocycles. The molecule has 6 unspecified atom stereocenters. The quantitative estimate of drug-likeness (QED) is 0.0447. The highest BCUT2D eigenvalue weighted by atomic mass is 31.2. The number of aliphatic hydroxyl groups is 6. The molecular formula is C26H49O12P. The molecule has 0 aromatic carbocycles. The highest BCUT2D eigenvalue weighted by Gasteiger charge is 2.51. The Labute approximate surface area is 231 Å². The summed E-state index contributed by atoms with van der Waals surface area (Å²) in [7, 11) is -4.98. The van der Waals surface area contributed by atoms with Crippen molar-refractivity contribution in [2.45, 2.75) is 133 Å². The second kappa shape index (κ2) is 20.0. The van der Waals surface area contributed by atoms with E-state index in [9.17, 15) is 44.9 Å². The van der Waals surface area contributed by atoms with Crippen molar-refractivity contribution in [3.05, 3.63) is 12.2 Å². The number of unbranched alkanes of at least 4 members (excludes halogenated alkanes) is 10. The highest BCUT2D eigenvalue weighted by molar-refractivity contribution is 7.47. The van der Waals surface area contributed by atoms with Crippen LogP contribution in [-0.2, 0) is 23.1 Å². The van der Waals surface area contributed by atoms with Gasteiger partial charge in [-0.3, -0.25) is 13.8 Å². The zero-order valence-electron chi connectivity index (χ0n) is 22.9. The molecule has 0 radical (unpaired) electrons. The summed E-state index contributed by atoms with van der Waals surface area (Å²) in [6.45, 7) is 0.952. The molecule has 8 atom stereocenters. The zero-order valence-corrected chi connectivity index (χ0v) is 23.8. The maximum atomic E-state index is 12.1. The molecule has 1 aliphatic carbocycles. The minimum atomic E-state index is -4.98. The Morgan fingerprint density at radius 1 is 0.769 bits per heavy atom. The highest BCUT2D eigenvalue weighted by Crippen LogP contribution is 2.47. The lowest BCUT2D eigenvalue weighted by Crippen LogP contribution is -2.64. The number of allylic oxidation sites excluding steroid dienone is 2. The van der Waals surface area contributed by atoms with E-state index >= 15 is 0 Å². The molecule has 13 heteroatoms. The molecule has 12 nitrogen and oxygen atoms in total. The van der Waals surface area contributed by atoms with Crippen LogP contribution in [0.4, 0.5) is 0 Å². The van der Waals surface area contributed by atoms with Gasteiger partial charge in [-0.2, -0.15) is 0 Å². The molecule has 1 rings (SSSR count). The second-order valence-corrected chi connectivity index (χ2v) is 11.5. The summed E-state index contributed by atoms with van der Waals surface area (Å²) in [5.41, 5.74) is 0. The van der Waals surface area contributed by atoms with E-state index in [0.29, 0.717) is 6.42 Å². The molecule has 0 aromatic heterocycles. The number of carbonyl (C=O) groups excluding carboxylic acids is 1. The number of phosphoric acid groups is 1. The predicted octanol–water partition coefficient (Wildman–Crippen LogP) is 1.86. The van der Waals surface area contributed by atoms with Crippen LogP contribution in [0.2, 0.25) is 0 Å². The lowest BCUT2D eigenvalue weighted by atomic mass is 9.85. The minimum Gasteiger partial charge on any atom is -0.463 e. The van der Waals surface area contributed by atoms with Crippen molar-refractivity contribution in [2.75, 3.05) is 13.2 Å². The van der Waals surface area contributed by atoms with Gasteiger partial charge < -0.3 is 40.3 Å². The van der Waals surface area contributed by atoms with Crippen molar-refractivity contribution in [1.29, 1.82) is 0 Å². The van der Waals surface area contributed by atoms with Crippen LogP contribution in [0.5, 0.6) is 0 Å². The molecular weight excluding hydrogens is 535 g/mol. The van der Waals surface area contributed by atoms with Gasteiger partial charge in [-0.15, -0.1) is 0 Å². The summed E-state index contributed by atoms with van der Waals surface area (Å²) in [4.78, 5) is 21.7. The normalized spacial score (nSPS) is 27.9. The van der Waals surface area contributed by atoms with E-state index < -0.39 is 69.7 Å². The van der Waals surface area contributed by atoms with E-state index in [1.54, 1.807) is 0 Å². The van der Waals surface area contributed by atoms with Crippen molar-refractivity contribution in [1.82, 2.24) is 0 Å². The van der Waals surface area contributed by atoms with Crippen molar-refractivity contribution >= 4 is 13.8 Å². The number of hydrogen-bond donors (Lipinski definition) is 7. The van der Waals surface area contributed by atoms with E-state index in [-0.39, 0.29) is 6.42 Å². The third kappa shape index (κ3) is 15.0. The molecule has 230 valence electrons. The number of ether oxygens (including phenoxy) is 1.